The highest BCUT2D eigenvalue weighted by Gasteiger charge is 2.32. The summed E-state index contributed by atoms with van der Waals surface area (Å²) in [4.78, 5) is 32.6. The van der Waals surface area contributed by atoms with Crippen LogP contribution >= 0.6 is 0 Å². The Balaban J connectivity index is 1.56. The van der Waals surface area contributed by atoms with Gasteiger partial charge in [-0.3, -0.25) is 9.59 Å². The summed E-state index contributed by atoms with van der Waals surface area (Å²) in [7, 11) is 0. The van der Waals surface area contributed by atoms with Gasteiger partial charge in [-0.25, -0.2) is 14.4 Å². The number of hydrogen-bond donors (Lipinski definition) is 3. The van der Waals surface area contributed by atoms with Crippen molar-refractivity contribution in [2.75, 3.05) is 10.6 Å². The fourth-order valence-corrected chi connectivity index (χ4v) is 3.66. The maximum Gasteiger partial charge on any atom is 0.416 e. The van der Waals surface area contributed by atoms with Crippen molar-refractivity contribution in [1.82, 2.24) is 9.97 Å². The van der Waals surface area contributed by atoms with Crippen molar-refractivity contribution in [2.24, 2.45) is 5.73 Å². The van der Waals surface area contributed by atoms with Crippen LogP contribution in [0.15, 0.2) is 67.0 Å². The SMILES string of the molecule is C[C@@H](Nc1ncnc2c(C(N)=O)cccc12)c1cccc(NC(=O)c2cc(F)cc(C(F)(F)F)c2)c1. The van der Waals surface area contributed by atoms with Crippen LogP contribution in [-0.4, -0.2) is 21.8 Å². The Morgan fingerprint density at radius 2 is 1.75 bits per heavy atom. The lowest BCUT2D eigenvalue weighted by molar-refractivity contribution is -0.137. The quantitative estimate of drug-likeness (QED) is 0.313. The van der Waals surface area contributed by atoms with Crippen molar-refractivity contribution in [3.05, 3.63) is 95.1 Å². The first-order chi connectivity index (χ1) is 17.0. The minimum absolute atomic E-state index is 0.251. The smallest absolute Gasteiger partial charge is 0.366 e. The second-order valence-corrected chi connectivity index (χ2v) is 7.96. The van der Waals surface area contributed by atoms with Gasteiger partial charge in [0.15, 0.2) is 0 Å². The van der Waals surface area contributed by atoms with Crippen LogP contribution < -0.4 is 16.4 Å². The van der Waals surface area contributed by atoms with Crippen molar-refractivity contribution in [1.29, 1.82) is 0 Å². The van der Waals surface area contributed by atoms with Crippen molar-refractivity contribution in [3.63, 3.8) is 0 Å². The molecule has 4 rings (SSSR count). The summed E-state index contributed by atoms with van der Waals surface area (Å²) >= 11 is 0. The third kappa shape index (κ3) is 5.24. The largest absolute Gasteiger partial charge is 0.416 e. The van der Waals surface area contributed by atoms with Crippen molar-refractivity contribution >= 4 is 34.2 Å². The lowest BCUT2D eigenvalue weighted by Crippen LogP contribution is -2.15. The normalized spacial score (nSPS) is 12.2. The molecular weight excluding hydrogens is 478 g/mol. The molecule has 0 fully saturated rings. The minimum atomic E-state index is -4.79. The number of halogens is 4. The van der Waals surface area contributed by atoms with E-state index < -0.39 is 34.9 Å². The molecule has 0 aliphatic heterocycles. The second kappa shape index (κ2) is 9.61. The maximum absolute atomic E-state index is 13.7. The average Bonchev–Trinajstić information content (AvgIpc) is 2.83. The first-order valence-corrected chi connectivity index (χ1v) is 10.6. The summed E-state index contributed by atoms with van der Waals surface area (Å²) in [6.45, 7) is 1.83. The van der Waals surface area contributed by atoms with Gasteiger partial charge in [0.1, 0.15) is 18.0 Å². The molecule has 7 nitrogen and oxygen atoms in total. The predicted molar refractivity (Wildman–Crippen MR) is 126 cm³/mol. The van der Waals surface area contributed by atoms with Gasteiger partial charge in [-0.05, 0) is 55.0 Å². The topological polar surface area (TPSA) is 110 Å². The number of nitrogens with one attached hydrogen (secondary N) is 2. The van der Waals surface area contributed by atoms with Gasteiger partial charge in [0.2, 0.25) is 0 Å². The third-order valence-electron chi connectivity index (χ3n) is 5.42. The number of aromatic nitrogens is 2. The molecule has 0 spiro atoms. The molecular formula is C25H19F4N5O2. The molecule has 1 aromatic heterocycles. The summed E-state index contributed by atoms with van der Waals surface area (Å²) in [5, 5.41) is 6.30. The third-order valence-corrected chi connectivity index (χ3v) is 5.42. The number of hydrogen-bond acceptors (Lipinski definition) is 5. The molecule has 0 unspecified atom stereocenters. The molecule has 184 valence electrons. The zero-order valence-corrected chi connectivity index (χ0v) is 18.7. The molecule has 0 bridgehead atoms. The molecule has 4 N–H and O–H groups in total. The van der Waals surface area contributed by atoms with E-state index in [0.29, 0.717) is 40.1 Å². The van der Waals surface area contributed by atoms with Crippen LogP contribution in [0.3, 0.4) is 0 Å². The minimum Gasteiger partial charge on any atom is -0.366 e. The van der Waals surface area contributed by atoms with Crippen LogP contribution in [0.25, 0.3) is 10.9 Å². The number of para-hydroxylation sites is 1. The number of carbonyl (C=O) groups is 2. The van der Waals surface area contributed by atoms with Crippen LogP contribution in [0.2, 0.25) is 0 Å². The van der Waals surface area contributed by atoms with Crippen molar-refractivity contribution in [3.8, 4) is 0 Å². The standard InChI is InChI=1S/C25H19F4N5O2/c1-13(33-23-20-7-3-6-19(22(30)35)21(20)31-12-32-23)14-4-2-5-18(10-14)34-24(36)15-8-16(25(27,28)29)11-17(26)9-15/h2-13H,1H3,(H2,30,35)(H,34,36)(H,31,32,33)/t13-/m1/s1. The summed E-state index contributed by atoms with van der Waals surface area (Å²) in [5.74, 6) is -2.23. The zero-order chi connectivity index (χ0) is 26.0. The van der Waals surface area contributed by atoms with E-state index in [1.165, 1.54) is 6.33 Å². The Morgan fingerprint density at radius 1 is 1.00 bits per heavy atom. The van der Waals surface area contributed by atoms with Gasteiger partial charge >= 0.3 is 6.18 Å². The Morgan fingerprint density at radius 3 is 2.47 bits per heavy atom. The van der Waals surface area contributed by atoms with E-state index >= 15 is 0 Å². The van der Waals surface area contributed by atoms with E-state index in [0.717, 1.165) is 6.07 Å². The maximum atomic E-state index is 13.7. The molecule has 2 amide bonds. The van der Waals surface area contributed by atoms with Crippen molar-refractivity contribution in [2.45, 2.75) is 19.1 Å². The average molecular weight is 497 g/mol. The Hall–Kier alpha value is -4.54. The van der Waals surface area contributed by atoms with Crippen LogP contribution in [0, 0.1) is 5.82 Å². The van der Waals surface area contributed by atoms with Gasteiger partial charge in [0, 0.05) is 16.6 Å². The van der Waals surface area contributed by atoms with Gasteiger partial charge in [-0.1, -0.05) is 18.2 Å². The highest BCUT2D eigenvalue weighted by atomic mass is 19.4. The van der Waals surface area contributed by atoms with E-state index in [2.05, 4.69) is 20.6 Å². The number of alkyl halides is 3. The first-order valence-electron chi connectivity index (χ1n) is 10.6. The summed E-state index contributed by atoms with van der Waals surface area (Å²) in [6.07, 6.45) is -3.49. The number of anilines is 2. The number of fused-ring (bicyclic) bond motifs is 1. The molecule has 0 aliphatic carbocycles. The second-order valence-electron chi connectivity index (χ2n) is 7.96. The number of carbonyl (C=O) groups excluding carboxylic acids is 2. The van der Waals surface area contributed by atoms with Crippen LogP contribution in [0.4, 0.5) is 29.1 Å². The van der Waals surface area contributed by atoms with Crippen LogP contribution in [0.5, 0.6) is 0 Å². The molecule has 0 aliphatic rings. The number of rotatable bonds is 6. The Bertz CT molecular complexity index is 1470. The van der Waals surface area contributed by atoms with Gasteiger partial charge in [-0.15, -0.1) is 0 Å². The van der Waals surface area contributed by atoms with E-state index in [1.54, 1.807) is 42.5 Å². The lowest BCUT2D eigenvalue weighted by Gasteiger charge is -2.18. The molecule has 36 heavy (non-hydrogen) atoms. The predicted octanol–water partition coefficient (Wildman–Crippen LogP) is 5.31. The molecule has 1 heterocycles. The summed E-state index contributed by atoms with van der Waals surface area (Å²) < 4.78 is 52.6. The zero-order valence-electron chi connectivity index (χ0n) is 18.7. The Kier molecular flexibility index (Phi) is 6.56. The number of amides is 2. The fourth-order valence-electron chi connectivity index (χ4n) is 3.66. The molecule has 11 heteroatoms. The Labute approximate surface area is 202 Å². The molecule has 0 radical (unpaired) electrons. The number of primary amides is 1. The van der Waals surface area contributed by atoms with E-state index in [4.69, 9.17) is 5.73 Å². The first kappa shape index (κ1) is 24.6. The van der Waals surface area contributed by atoms with Gasteiger partial charge in [0.05, 0.1) is 22.7 Å². The fraction of sp³-hybridized carbons (Fsp3) is 0.120. The van der Waals surface area contributed by atoms with E-state index in [9.17, 15) is 27.2 Å². The van der Waals surface area contributed by atoms with Gasteiger partial charge in [-0.2, -0.15) is 13.2 Å². The number of benzene rings is 3. The van der Waals surface area contributed by atoms with Crippen molar-refractivity contribution < 1.29 is 27.2 Å². The highest BCUT2D eigenvalue weighted by Crippen LogP contribution is 2.31. The monoisotopic (exact) mass is 497 g/mol. The highest BCUT2D eigenvalue weighted by molar-refractivity contribution is 6.07. The van der Waals surface area contributed by atoms with Crippen LogP contribution in [-0.2, 0) is 6.18 Å². The number of nitrogens with zero attached hydrogens (tertiary/aromatic N) is 2. The molecule has 1 atom stereocenters. The molecule has 3 aromatic carbocycles. The van der Waals surface area contributed by atoms with E-state index in [1.807, 2.05) is 6.92 Å². The summed E-state index contributed by atoms with van der Waals surface area (Å²) in [5.41, 5.74) is 5.36. The molecule has 4 aromatic rings. The van der Waals surface area contributed by atoms with Gasteiger partial charge < -0.3 is 16.4 Å². The molecule has 0 saturated carbocycles. The van der Waals surface area contributed by atoms with Gasteiger partial charge in [0.25, 0.3) is 11.8 Å². The van der Waals surface area contributed by atoms with E-state index in [-0.39, 0.29) is 11.6 Å². The summed E-state index contributed by atoms with van der Waals surface area (Å²) in [6, 6.07) is 12.9. The number of nitrogens with two attached hydrogens (primary N) is 1. The molecule has 0 saturated heterocycles. The van der Waals surface area contributed by atoms with Crippen LogP contribution in [0.1, 0.15) is 44.8 Å². The lowest BCUT2D eigenvalue weighted by atomic mass is 10.1.